The summed E-state index contributed by atoms with van der Waals surface area (Å²) in [6, 6.07) is 13.3. The Morgan fingerprint density at radius 3 is 2.45 bits per heavy atom. The number of fused-ring (bicyclic) bond motifs is 1. The van der Waals surface area contributed by atoms with Crippen LogP contribution in [0.15, 0.2) is 58.4 Å². The Kier molecular flexibility index (Phi) is 6.29. The van der Waals surface area contributed by atoms with Gasteiger partial charge in [-0.1, -0.05) is 49.7 Å². The first kappa shape index (κ1) is 21.3. The zero-order valence-electron chi connectivity index (χ0n) is 16.6. The molecule has 0 saturated heterocycles. The van der Waals surface area contributed by atoms with Gasteiger partial charge in [-0.25, -0.2) is 8.42 Å². The number of sulfonamides is 1. The molecule has 0 saturated carbocycles. The van der Waals surface area contributed by atoms with E-state index in [2.05, 4.69) is 9.71 Å². The summed E-state index contributed by atoms with van der Waals surface area (Å²) in [6.07, 6.45) is 0.511. The van der Waals surface area contributed by atoms with E-state index in [9.17, 15) is 13.2 Å². The van der Waals surface area contributed by atoms with Gasteiger partial charge in [0.05, 0.1) is 4.90 Å². The first-order valence-electron chi connectivity index (χ1n) is 9.37. The van der Waals surface area contributed by atoms with Crippen LogP contribution in [0.2, 0.25) is 5.02 Å². The van der Waals surface area contributed by atoms with Crippen LogP contribution < -0.4 is 4.72 Å². The van der Waals surface area contributed by atoms with Crippen LogP contribution in [-0.2, 0) is 21.4 Å². The van der Waals surface area contributed by atoms with Crippen molar-refractivity contribution >= 4 is 33.4 Å². The average Bonchev–Trinajstić information content (AvgIpc) is 2.92. The molecular formula is C21H24ClN3O3S. The molecule has 2 aromatic rings. The number of rotatable bonds is 6. The molecule has 0 bridgehead atoms. The molecule has 1 amide bonds. The predicted molar refractivity (Wildman–Crippen MR) is 114 cm³/mol. The van der Waals surface area contributed by atoms with Gasteiger partial charge in [-0.15, -0.1) is 0 Å². The number of likely N-dealkylation sites (N-methyl/N-ethyl adjacent to an activating group) is 1. The van der Waals surface area contributed by atoms with E-state index < -0.39 is 16.1 Å². The molecule has 6 nitrogen and oxygen atoms in total. The highest BCUT2D eigenvalue weighted by molar-refractivity contribution is 7.90. The van der Waals surface area contributed by atoms with E-state index in [1.165, 1.54) is 6.07 Å². The fourth-order valence-electron chi connectivity index (χ4n) is 3.24. The van der Waals surface area contributed by atoms with Crippen molar-refractivity contribution in [3.8, 4) is 0 Å². The van der Waals surface area contributed by atoms with Crippen LogP contribution in [0.5, 0.6) is 0 Å². The number of hydrogen-bond donors (Lipinski definition) is 1. The lowest BCUT2D eigenvalue weighted by Gasteiger charge is -2.23. The number of nitrogens with one attached hydrogen (secondary N) is 1. The molecular weight excluding hydrogens is 410 g/mol. The maximum absolute atomic E-state index is 13.1. The van der Waals surface area contributed by atoms with Crippen LogP contribution >= 0.6 is 11.6 Å². The zero-order valence-corrected chi connectivity index (χ0v) is 18.2. The SMILES string of the molecule is CC(C)CC(N=C1NS(=O)(=O)c2ccccc21)C(=O)N(C)Cc1ccc(Cl)cc1. The molecule has 1 aliphatic heterocycles. The van der Waals surface area contributed by atoms with Crippen LogP contribution in [0.4, 0.5) is 0 Å². The third-order valence-electron chi connectivity index (χ3n) is 4.64. The van der Waals surface area contributed by atoms with Crippen molar-refractivity contribution in [1.29, 1.82) is 0 Å². The van der Waals surface area contributed by atoms with Gasteiger partial charge in [-0.3, -0.25) is 14.5 Å². The van der Waals surface area contributed by atoms with Crippen LogP contribution in [-0.4, -0.2) is 38.2 Å². The second kappa shape index (κ2) is 8.55. The van der Waals surface area contributed by atoms with Crippen LogP contribution in [0.3, 0.4) is 0 Å². The van der Waals surface area contributed by atoms with Gasteiger partial charge in [0, 0.05) is 24.2 Å². The summed E-state index contributed by atoms with van der Waals surface area (Å²) >= 11 is 5.92. The number of hydrogen-bond acceptors (Lipinski definition) is 4. The van der Waals surface area contributed by atoms with Gasteiger partial charge in [0.1, 0.15) is 11.9 Å². The quantitative estimate of drug-likeness (QED) is 0.757. The van der Waals surface area contributed by atoms with E-state index in [1.54, 1.807) is 42.3 Å². The minimum atomic E-state index is -3.65. The predicted octanol–water partition coefficient (Wildman–Crippen LogP) is 3.45. The van der Waals surface area contributed by atoms with Gasteiger partial charge in [0.15, 0.2) is 0 Å². The van der Waals surface area contributed by atoms with Gasteiger partial charge in [0.2, 0.25) is 5.91 Å². The molecule has 1 aliphatic rings. The molecule has 29 heavy (non-hydrogen) atoms. The fourth-order valence-corrected chi connectivity index (χ4v) is 4.60. The topological polar surface area (TPSA) is 78.8 Å². The summed E-state index contributed by atoms with van der Waals surface area (Å²) in [5.41, 5.74) is 1.45. The van der Waals surface area contributed by atoms with Gasteiger partial charge >= 0.3 is 0 Å². The third kappa shape index (κ3) is 4.97. The van der Waals surface area contributed by atoms with Crippen molar-refractivity contribution < 1.29 is 13.2 Å². The van der Waals surface area contributed by atoms with E-state index in [-0.39, 0.29) is 22.6 Å². The molecule has 1 atom stereocenters. The largest absolute Gasteiger partial charge is 0.340 e. The highest BCUT2D eigenvalue weighted by atomic mass is 35.5. The molecule has 1 heterocycles. The van der Waals surface area contributed by atoms with E-state index >= 15 is 0 Å². The monoisotopic (exact) mass is 433 g/mol. The summed E-state index contributed by atoms with van der Waals surface area (Å²) in [5, 5.41) is 0.638. The van der Waals surface area contributed by atoms with E-state index in [4.69, 9.17) is 11.6 Å². The summed E-state index contributed by atoms with van der Waals surface area (Å²) in [7, 11) is -1.93. The number of aliphatic imine (C=N–C) groups is 1. The van der Waals surface area contributed by atoms with Crippen LogP contribution in [0, 0.1) is 5.92 Å². The molecule has 2 aromatic carbocycles. The highest BCUT2D eigenvalue weighted by Gasteiger charge is 2.32. The van der Waals surface area contributed by atoms with Crippen molar-refractivity contribution in [3.05, 3.63) is 64.7 Å². The van der Waals surface area contributed by atoms with Crippen molar-refractivity contribution in [3.63, 3.8) is 0 Å². The van der Waals surface area contributed by atoms with Gasteiger partial charge in [0.25, 0.3) is 10.0 Å². The van der Waals surface area contributed by atoms with Gasteiger partial charge in [-0.2, -0.15) is 0 Å². The van der Waals surface area contributed by atoms with E-state index in [0.717, 1.165) is 5.56 Å². The van der Waals surface area contributed by atoms with E-state index in [1.807, 2.05) is 26.0 Å². The molecule has 0 aromatic heterocycles. The Morgan fingerprint density at radius 1 is 1.14 bits per heavy atom. The molecule has 154 valence electrons. The van der Waals surface area contributed by atoms with Crippen LogP contribution in [0.25, 0.3) is 0 Å². The standard InChI is InChI=1S/C21H24ClN3O3S/c1-14(2)12-18(21(26)25(3)13-15-8-10-16(22)11-9-15)23-20-17-6-4-5-7-19(17)29(27,28)24-20/h4-11,14,18H,12-13H2,1-3H3,(H,23,24). The number of amidine groups is 1. The molecule has 0 fully saturated rings. The molecule has 1 unspecified atom stereocenters. The minimum absolute atomic E-state index is 0.162. The normalized spacial score (nSPS) is 17.1. The second-order valence-electron chi connectivity index (χ2n) is 7.55. The fraction of sp³-hybridized carbons (Fsp3) is 0.333. The molecule has 8 heteroatoms. The van der Waals surface area contributed by atoms with Gasteiger partial charge < -0.3 is 4.90 Å². The summed E-state index contributed by atoms with van der Waals surface area (Å²) in [6.45, 7) is 4.43. The minimum Gasteiger partial charge on any atom is -0.340 e. The van der Waals surface area contributed by atoms with Crippen molar-refractivity contribution in [2.75, 3.05) is 7.05 Å². The Hall–Kier alpha value is -2.38. The first-order valence-corrected chi connectivity index (χ1v) is 11.2. The highest BCUT2D eigenvalue weighted by Crippen LogP contribution is 2.24. The summed E-state index contributed by atoms with van der Waals surface area (Å²) < 4.78 is 27.2. The number of carbonyl (C=O) groups excluding carboxylic acids is 1. The smallest absolute Gasteiger partial charge is 0.263 e. The average molecular weight is 434 g/mol. The van der Waals surface area contributed by atoms with Crippen molar-refractivity contribution in [2.24, 2.45) is 10.9 Å². The van der Waals surface area contributed by atoms with E-state index in [0.29, 0.717) is 23.6 Å². The molecule has 0 spiro atoms. The lowest BCUT2D eigenvalue weighted by atomic mass is 10.0. The summed E-state index contributed by atoms with van der Waals surface area (Å²) in [4.78, 5) is 19.5. The number of amides is 1. The Morgan fingerprint density at radius 2 is 1.79 bits per heavy atom. The van der Waals surface area contributed by atoms with Gasteiger partial charge in [-0.05, 0) is 42.2 Å². The second-order valence-corrected chi connectivity index (χ2v) is 9.63. The number of benzene rings is 2. The molecule has 0 radical (unpaired) electrons. The maximum atomic E-state index is 13.1. The lowest BCUT2D eigenvalue weighted by molar-refractivity contribution is -0.132. The van der Waals surface area contributed by atoms with Crippen molar-refractivity contribution in [1.82, 2.24) is 9.62 Å². The molecule has 1 N–H and O–H groups in total. The van der Waals surface area contributed by atoms with Crippen LogP contribution in [0.1, 0.15) is 31.4 Å². The number of carbonyl (C=O) groups is 1. The lowest BCUT2D eigenvalue weighted by Crippen LogP contribution is -2.37. The maximum Gasteiger partial charge on any atom is 0.263 e. The molecule has 3 rings (SSSR count). The number of halogens is 1. The third-order valence-corrected chi connectivity index (χ3v) is 6.29. The summed E-state index contributed by atoms with van der Waals surface area (Å²) in [5.74, 6) is 0.273. The number of nitrogens with zero attached hydrogens (tertiary/aromatic N) is 2. The Labute approximate surface area is 176 Å². The zero-order chi connectivity index (χ0) is 21.2. The Balaban J connectivity index is 1.87. The molecule has 0 aliphatic carbocycles. The first-order chi connectivity index (χ1) is 13.7. The Bertz CT molecular complexity index is 1030. The van der Waals surface area contributed by atoms with Crippen molar-refractivity contribution in [2.45, 2.75) is 37.8 Å².